The highest BCUT2D eigenvalue weighted by Crippen LogP contribution is 2.32. The van der Waals surface area contributed by atoms with Gasteiger partial charge in [-0.25, -0.2) is 9.18 Å². The Hall–Kier alpha value is -1.27. The maximum Gasteiger partial charge on any atom is 0.379 e. The lowest BCUT2D eigenvalue weighted by Crippen LogP contribution is -2.41. The van der Waals surface area contributed by atoms with E-state index < -0.39 is 23.8 Å². The number of benzene rings is 1. The summed E-state index contributed by atoms with van der Waals surface area (Å²) in [6.07, 6.45) is 0. The lowest BCUT2D eigenvalue weighted by Gasteiger charge is -2.22. The number of nitrogens with two attached hydrogens (primary N) is 1. The van der Waals surface area contributed by atoms with Gasteiger partial charge in [-0.05, 0) is 24.6 Å². The summed E-state index contributed by atoms with van der Waals surface area (Å²) in [5.74, 6) is -6.39. The maximum atomic E-state index is 13.6. The predicted octanol–water partition coefficient (Wildman–Crippen LogP) is 2.68. The number of esters is 1. The van der Waals surface area contributed by atoms with Gasteiger partial charge in [0.15, 0.2) is 0 Å². The van der Waals surface area contributed by atoms with Gasteiger partial charge >= 0.3 is 11.9 Å². The van der Waals surface area contributed by atoms with Crippen molar-refractivity contribution in [1.29, 1.82) is 0 Å². The average Bonchev–Trinajstić information content (AvgIpc) is 2.32. The molecule has 0 aliphatic carbocycles. The number of hydrogen-bond acceptors (Lipinski definition) is 3. The summed E-state index contributed by atoms with van der Waals surface area (Å²) in [4.78, 5) is 11.1. The zero-order chi connectivity index (χ0) is 13.9. The molecule has 0 aliphatic heterocycles. The lowest BCUT2D eigenvalue weighted by molar-refractivity contribution is -0.174. The SMILES string of the molecule is CCOC(=O)C(F)(F)[C@@H](N)c1ccc(F)c(Cl)c1. The molecule has 0 radical (unpaired) electrons. The van der Waals surface area contributed by atoms with Gasteiger partial charge in [0.25, 0.3) is 0 Å². The fourth-order valence-electron chi connectivity index (χ4n) is 1.27. The third-order valence-corrected chi connectivity index (χ3v) is 2.53. The van der Waals surface area contributed by atoms with Crippen molar-refractivity contribution in [3.8, 4) is 0 Å². The van der Waals surface area contributed by atoms with E-state index in [9.17, 15) is 18.0 Å². The lowest BCUT2D eigenvalue weighted by atomic mass is 10.0. The summed E-state index contributed by atoms with van der Waals surface area (Å²) in [5.41, 5.74) is 5.14. The second-order valence-corrected chi connectivity index (χ2v) is 3.90. The molecule has 2 N–H and O–H groups in total. The van der Waals surface area contributed by atoms with Gasteiger partial charge in [0.2, 0.25) is 0 Å². The number of ether oxygens (including phenoxy) is 1. The van der Waals surface area contributed by atoms with Crippen LogP contribution in [0.2, 0.25) is 5.02 Å². The number of carbonyl (C=O) groups is 1. The Morgan fingerprint density at radius 1 is 1.56 bits per heavy atom. The molecule has 1 aromatic carbocycles. The van der Waals surface area contributed by atoms with Gasteiger partial charge < -0.3 is 10.5 Å². The second-order valence-electron chi connectivity index (χ2n) is 3.49. The highest BCUT2D eigenvalue weighted by molar-refractivity contribution is 6.30. The first kappa shape index (κ1) is 14.8. The normalized spacial score (nSPS) is 13.2. The van der Waals surface area contributed by atoms with E-state index >= 15 is 0 Å². The first-order chi connectivity index (χ1) is 8.30. The van der Waals surface area contributed by atoms with E-state index in [1.165, 1.54) is 6.92 Å². The van der Waals surface area contributed by atoms with Crippen LogP contribution in [0.25, 0.3) is 0 Å². The van der Waals surface area contributed by atoms with Gasteiger partial charge in [0.05, 0.1) is 11.6 Å². The zero-order valence-electron chi connectivity index (χ0n) is 9.42. The van der Waals surface area contributed by atoms with Crippen molar-refractivity contribution in [2.24, 2.45) is 5.73 Å². The van der Waals surface area contributed by atoms with Crippen molar-refractivity contribution in [1.82, 2.24) is 0 Å². The Labute approximate surface area is 107 Å². The third-order valence-electron chi connectivity index (χ3n) is 2.24. The molecule has 0 spiro atoms. The molecule has 100 valence electrons. The van der Waals surface area contributed by atoms with Crippen LogP contribution >= 0.6 is 11.6 Å². The van der Waals surface area contributed by atoms with E-state index in [0.717, 1.165) is 18.2 Å². The molecule has 7 heteroatoms. The zero-order valence-corrected chi connectivity index (χ0v) is 10.2. The Morgan fingerprint density at radius 3 is 2.67 bits per heavy atom. The van der Waals surface area contributed by atoms with Crippen LogP contribution in [-0.2, 0) is 9.53 Å². The van der Waals surface area contributed by atoms with Crippen molar-refractivity contribution in [2.45, 2.75) is 18.9 Å². The molecule has 0 aromatic heterocycles. The number of hydrogen-bond donors (Lipinski definition) is 1. The van der Waals surface area contributed by atoms with E-state index in [2.05, 4.69) is 4.74 Å². The molecular formula is C11H11ClF3NO2. The van der Waals surface area contributed by atoms with Crippen LogP contribution in [0.5, 0.6) is 0 Å². The molecule has 18 heavy (non-hydrogen) atoms. The minimum Gasteiger partial charge on any atom is -0.462 e. The monoisotopic (exact) mass is 281 g/mol. The van der Waals surface area contributed by atoms with E-state index in [4.69, 9.17) is 17.3 Å². The predicted molar refractivity (Wildman–Crippen MR) is 59.9 cm³/mol. The summed E-state index contributed by atoms with van der Waals surface area (Å²) < 4.78 is 44.3. The topological polar surface area (TPSA) is 52.3 Å². The molecule has 0 unspecified atom stereocenters. The Morgan fingerprint density at radius 2 is 2.17 bits per heavy atom. The van der Waals surface area contributed by atoms with Crippen LogP contribution in [-0.4, -0.2) is 18.5 Å². The second kappa shape index (κ2) is 5.58. The molecular weight excluding hydrogens is 271 g/mol. The molecule has 0 bridgehead atoms. The number of carbonyl (C=O) groups excluding carboxylic acids is 1. The molecule has 0 saturated carbocycles. The highest BCUT2D eigenvalue weighted by atomic mass is 35.5. The fourth-order valence-corrected chi connectivity index (χ4v) is 1.46. The largest absolute Gasteiger partial charge is 0.462 e. The van der Waals surface area contributed by atoms with Crippen LogP contribution in [0.1, 0.15) is 18.5 Å². The van der Waals surface area contributed by atoms with E-state index in [-0.39, 0.29) is 17.2 Å². The van der Waals surface area contributed by atoms with Crippen molar-refractivity contribution in [2.75, 3.05) is 6.61 Å². The minimum atomic E-state index is -3.91. The van der Waals surface area contributed by atoms with E-state index in [1.807, 2.05) is 0 Å². The van der Waals surface area contributed by atoms with Crippen molar-refractivity contribution in [3.05, 3.63) is 34.6 Å². The van der Waals surface area contributed by atoms with E-state index in [1.54, 1.807) is 0 Å². The molecule has 1 aromatic rings. The summed E-state index contributed by atoms with van der Waals surface area (Å²) in [7, 11) is 0. The minimum absolute atomic E-state index is 0.153. The molecule has 1 atom stereocenters. The Kier molecular flexibility index (Phi) is 4.59. The molecule has 0 fully saturated rings. The highest BCUT2D eigenvalue weighted by Gasteiger charge is 2.47. The van der Waals surface area contributed by atoms with Gasteiger partial charge in [-0.1, -0.05) is 17.7 Å². The fraction of sp³-hybridized carbons (Fsp3) is 0.364. The van der Waals surface area contributed by atoms with Crippen molar-refractivity contribution < 1.29 is 22.7 Å². The van der Waals surface area contributed by atoms with Crippen LogP contribution in [0, 0.1) is 5.82 Å². The van der Waals surface area contributed by atoms with Gasteiger partial charge in [-0.3, -0.25) is 0 Å². The smallest absolute Gasteiger partial charge is 0.379 e. The summed E-state index contributed by atoms with van der Waals surface area (Å²) in [5, 5.41) is -0.345. The van der Waals surface area contributed by atoms with Crippen molar-refractivity contribution in [3.63, 3.8) is 0 Å². The number of halogens is 4. The first-order valence-electron chi connectivity index (χ1n) is 5.06. The molecule has 3 nitrogen and oxygen atoms in total. The maximum absolute atomic E-state index is 13.6. The molecule has 1 rings (SSSR count). The third kappa shape index (κ3) is 2.94. The van der Waals surface area contributed by atoms with Gasteiger partial charge in [0, 0.05) is 0 Å². The standard InChI is InChI=1S/C11H11ClF3NO2/c1-2-18-10(17)11(14,15)9(16)6-3-4-8(13)7(12)5-6/h3-5,9H,2,16H2,1H3/t9-/m0/s1. The van der Waals surface area contributed by atoms with Gasteiger partial charge in [-0.15, -0.1) is 0 Å². The molecule has 0 aliphatic rings. The quantitative estimate of drug-likeness (QED) is 0.863. The first-order valence-corrected chi connectivity index (χ1v) is 5.44. The average molecular weight is 282 g/mol. The molecule has 0 amide bonds. The molecule has 0 heterocycles. The molecule has 0 saturated heterocycles. The van der Waals surface area contributed by atoms with Crippen LogP contribution in [0.4, 0.5) is 13.2 Å². The van der Waals surface area contributed by atoms with Crippen LogP contribution < -0.4 is 5.73 Å². The van der Waals surface area contributed by atoms with Crippen molar-refractivity contribution >= 4 is 17.6 Å². The van der Waals surface area contributed by atoms with E-state index in [0.29, 0.717) is 0 Å². The summed E-state index contributed by atoms with van der Waals surface area (Å²) in [6, 6.07) is 0.946. The number of rotatable bonds is 4. The van der Waals surface area contributed by atoms with Gasteiger partial charge in [-0.2, -0.15) is 8.78 Å². The van der Waals surface area contributed by atoms with Gasteiger partial charge in [0.1, 0.15) is 11.9 Å². The summed E-state index contributed by atoms with van der Waals surface area (Å²) in [6.45, 7) is 1.21. The number of alkyl halides is 2. The Balaban J connectivity index is 3.01. The van der Waals surface area contributed by atoms with Crippen LogP contribution in [0.15, 0.2) is 18.2 Å². The summed E-state index contributed by atoms with van der Waals surface area (Å²) >= 11 is 5.46. The Bertz CT molecular complexity index is 454. The van der Waals surface area contributed by atoms with Crippen LogP contribution in [0.3, 0.4) is 0 Å².